The molecule has 0 saturated heterocycles. The summed E-state index contributed by atoms with van der Waals surface area (Å²) in [5.74, 6) is -0.397. The summed E-state index contributed by atoms with van der Waals surface area (Å²) in [6.45, 7) is 3.77. The van der Waals surface area contributed by atoms with E-state index in [9.17, 15) is 4.79 Å². The second-order valence-electron chi connectivity index (χ2n) is 3.32. The highest BCUT2D eigenvalue weighted by molar-refractivity contribution is 7.99. The van der Waals surface area contributed by atoms with Crippen LogP contribution in [0.3, 0.4) is 0 Å². The van der Waals surface area contributed by atoms with Crippen molar-refractivity contribution in [1.29, 1.82) is 0 Å². The molecular weight excluding hydrogens is 196 g/mol. The monoisotopic (exact) mass is 210 g/mol. The second-order valence-corrected chi connectivity index (χ2v) is 4.38. The maximum absolute atomic E-state index is 10.6. The van der Waals surface area contributed by atoms with Crippen molar-refractivity contribution in [3.8, 4) is 0 Å². The number of hydrogen-bond acceptors (Lipinski definition) is 2. The molecule has 1 aromatic rings. The van der Waals surface area contributed by atoms with Gasteiger partial charge in [-0.2, -0.15) is 0 Å². The van der Waals surface area contributed by atoms with Crippen molar-refractivity contribution >= 4 is 17.7 Å². The van der Waals surface area contributed by atoms with Gasteiger partial charge in [0.1, 0.15) is 0 Å². The maximum atomic E-state index is 10.6. The fourth-order valence-electron chi connectivity index (χ4n) is 1.00. The largest absolute Gasteiger partial charge is 0.481 e. The Morgan fingerprint density at radius 1 is 1.50 bits per heavy atom. The first-order valence-electron chi connectivity index (χ1n) is 4.52. The minimum Gasteiger partial charge on any atom is -0.481 e. The van der Waals surface area contributed by atoms with E-state index in [1.54, 1.807) is 18.7 Å². The van der Waals surface area contributed by atoms with E-state index >= 15 is 0 Å². The third-order valence-corrected chi connectivity index (χ3v) is 3.44. The molecule has 0 unspecified atom stereocenters. The van der Waals surface area contributed by atoms with Crippen molar-refractivity contribution in [2.45, 2.75) is 18.7 Å². The molecule has 1 aromatic carbocycles. The van der Waals surface area contributed by atoms with Crippen LogP contribution in [0.25, 0.3) is 0 Å². The number of carbonyl (C=O) groups is 1. The van der Waals surface area contributed by atoms with Crippen molar-refractivity contribution in [1.82, 2.24) is 0 Å². The van der Waals surface area contributed by atoms with Gasteiger partial charge in [-0.1, -0.05) is 25.1 Å². The van der Waals surface area contributed by atoms with Gasteiger partial charge < -0.3 is 5.11 Å². The van der Waals surface area contributed by atoms with Gasteiger partial charge in [-0.25, -0.2) is 0 Å². The average molecular weight is 210 g/mol. The van der Waals surface area contributed by atoms with E-state index in [0.717, 1.165) is 0 Å². The number of aliphatic carboxylic acids is 1. The summed E-state index contributed by atoms with van der Waals surface area (Å²) in [7, 11) is 0. The van der Waals surface area contributed by atoms with Gasteiger partial charge in [-0.3, -0.25) is 4.79 Å². The van der Waals surface area contributed by atoms with E-state index in [1.807, 2.05) is 31.2 Å². The number of carboxylic acid groups (broad SMARTS) is 1. The van der Waals surface area contributed by atoms with Crippen molar-refractivity contribution in [2.75, 3.05) is 5.75 Å². The highest BCUT2D eigenvalue weighted by Gasteiger charge is 2.11. The molecule has 0 spiro atoms. The van der Waals surface area contributed by atoms with Crippen molar-refractivity contribution in [3.05, 3.63) is 29.8 Å². The van der Waals surface area contributed by atoms with E-state index in [4.69, 9.17) is 5.11 Å². The van der Waals surface area contributed by atoms with Crippen LogP contribution in [0.2, 0.25) is 0 Å². The number of hydrogen-bond donors (Lipinski definition) is 1. The second kappa shape index (κ2) is 5.05. The van der Waals surface area contributed by atoms with E-state index in [-0.39, 0.29) is 5.92 Å². The quantitative estimate of drug-likeness (QED) is 0.776. The summed E-state index contributed by atoms with van der Waals surface area (Å²) in [5.41, 5.74) is 1.20. The third kappa shape index (κ3) is 3.07. The molecule has 76 valence electrons. The molecule has 0 amide bonds. The van der Waals surface area contributed by atoms with Crippen LogP contribution >= 0.6 is 11.8 Å². The van der Waals surface area contributed by atoms with E-state index in [2.05, 4.69) is 0 Å². The molecule has 0 aromatic heterocycles. The molecule has 1 N–H and O–H groups in total. The molecule has 14 heavy (non-hydrogen) atoms. The summed E-state index contributed by atoms with van der Waals surface area (Å²) < 4.78 is 0. The first-order chi connectivity index (χ1) is 6.61. The number of benzene rings is 1. The number of thioether (sulfide) groups is 1. The first-order valence-corrected chi connectivity index (χ1v) is 5.51. The molecule has 1 atom stereocenters. The van der Waals surface area contributed by atoms with Gasteiger partial charge in [0.2, 0.25) is 0 Å². The zero-order valence-electron chi connectivity index (χ0n) is 8.36. The van der Waals surface area contributed by atoms with Gasteiger partial charge in [0.25, 0.3) is 0 Å². The zero-order valence-corrected chi connectivity index (χ0v) is 9.17. The molecule has 0 heterocycles. The van der Waals surface area contributed by atoms with Gasteiger partial charge in [0.15, 0.2) is 0 Å². The lowest BCUT2D eigenvalue weighted by molar-refractivity contribution is -0.140. The Kier molecular flexibility index (Phi) is 4.01. The van der Waals surface area contributed by atoms with Crippen LogP contribution < -0.4 is 0 Å². The molecule has 0 radical (unpaired) electrons. The van der Waals surface area contributed by atoms with E-state index in [1.165, 1.54) is 10.5 Å². The van der Waals surface area contributed by atoms with Crippen molar-refractivity contribution in [2.24, 2.45) is 5.92 Å². The fourth-order valence-corrected chi connectivity index (χ4v) is 2.05. The summed E-state index contributed by atoms with van der Waals surface area (Å²) in [6.07, 6.45) is 0. The molecule has 0 bridgehead atoms. The Morgan fingerprint density at radius 2 is 2.14 bits per heavy atom. The van der Waals surface area contributed by atoms with Crippen LogP contribution in [0.4, 0.5) is 0 Å². The average Bonchev–Trinajstić information content (AvgIpc) is 2.16. The number of carboxylic acids is 1. The Morgan fingerprint density at radius 3 is 2.71 bits per heavy atom. The summed E-state index contributed by atoms with van der Waals surface area (Å²) in [5, 5.41) is 8.72. The fraction of sp³-hybridized carbons (Fsp3) is 0.364. The summed E-state index contributed by atoms with van der Waals surface area (Å²) in [4.78, 5) is 11.8. The first kappa shape index (κ1) is 11.1. The lowest BCUT2D eigenvalue weighted by Crippen LogP contribution is -2.11. The van der Waals surface area contributed by atoms with Crippen LogP contribution in [-0.4, -0.2) is 16.8 Å². The van der Waals surface area contributed by atoms with Crippen LogP contribution in [-0.2, 0) is 4.79 Å². The van der Waals surface area contributed by atoms with E-state index in [0.29, 0.717) is 5.75 Å². The minimum absolute atomic E-state index is 0.292. The lowest BCUT2D eigenvalue weighted by atomic mass is 10.2. The topological polar surface area (TPSA) is 37.3 Å². The van der Waals surface area contributed by atoms with Crippen LogP contribution in [0.1, 0.15) is 12.5 Å². The summed E-state index contributed by atoms with van der Waals surface area (Å²) >= 11 is 1.60. The van der Waals surface area contributed by atoms with Gasteiger partial charge in [0, 0.05) is 10.6 Å². The van der Waals surface area contributed by atoms with Crippen LogP contribution in [0.15, 0.2) is 29.2 Å². The van der Waals surface area contributed by atoms with Crippen LogP contribution in [0, 0.1) is 12.8 Å². The number of aryl methyl sites for hydroxylation is 1. The molecular formula is C11H14O2S. The van der Waals surface area contributed by atoms with Gasteiger partial charge >= 0.3 is 5.97 Å². The Balaban J connectivity index is 2.54. The third-order valence-electron chi connectivity index (χ3n) is 2.00. The van der Waals surface area contributed by atoms with Gasteiger partial charge in [0.05, 0.1) is 5.92 Å². The molecule has 0 aliphatic heterocycles. The SMILES string of the molecule is Cc1ccccc1SC[C@H](C)C(=O)O. The molecule has 0 saturated carbocycles. The predicted molar refractivity (Wildman–Crippen MR) is 58.7 cm³/mol. The smallest absolute Gasteiger partial charge is 0.307 e. The minimum atomic E-state index is -0.730. The predicted octanol–water partition coefficient (Wildman–Crippen LogP) is 2.81. The Labute approximate surface area is 88.3 Å². The van der Waals surface area contributed by atoms with Gasteiger partial charge in [-0.05, 0) is 18.6 Å². The number of rotatable bonds is 4. The Bertz CT molecular complexity index is 323. The van der Waals surface area contributed by atoms with Crippen LogP contribution in [0.5, 0.6) is 0 Å². The molecule has 0 aliphatic rings. The van der Waals surface area contributed by atoms with E-state index < -0.39 is 5.97 Å². The normalized spacial score (nSPS) is 12.4. The zero-order chi connectivity index (χ0) is 10.6. The standard InChI is InChI=1S/C11H14O2S/c1-8-5-3-4-6-10(8)14-7-9(2)11(12)13/h3-6,9H,7H2,1-2H3,(H,12,13)/t9-/m0/s1. The van der Waals surface area contributed by atoms with Crippen molar-refractivity contribution < 1.29 is 9.90 Å². The molecule has 1 rings (SSSR count). The van der Waals surface area contributed by atoms with Crippen molar-refractivity contribution in [3.63, 3.8) is 0 Å². The highest BCUT2D eigenvalue weighted by atomic mass is 32.2. The molecule has 0 aliphatic carbocycles. The summed E-state index contributed by atoms with van der Waals surface area (Å²) in [6, 6.07) is 8.02. The molecule has 3 heteroatoms. The Hall–Kier alpha value is -0.960. The lowest BCUT2D eigenvalue weighted by Gasteiger charge is -2.07. The maximum Gasteiger partial charge on any atom is 0.307 e. The molecule has 0 fully saturated rings. The molecule has 2 nitrogen and oxygen atoms in total. The highest BCUT2D eigenvalue weighted by Crippen LogP contribution is 2.23. The van der Waals surface area contributed by atoms with Gasteiger partial charge in [-0.15, -0.1) is 11.8 Å².